The summed E-state index contributed by atoms with van der Waals surface area (Å²) in [5, 5.41) is 6.81. The fraction of sp³-hybridized carbons (Fsp3) is 0.636. The molecule has 19 heavy (non-hydrogen) atoms. The van der Waals surface area contributed by atoms with Crippen LogP contribution in [0.3, 0.4) is 0 Å². The molecule has 6 nitrogen and oxygen atoms in total. The Balaban J connectivity index is 2.98. The van der Waals surface area contributed by atoms with Gasteiger partial charge in [-0.3, -0.25) is 4.79 Å². The third-order valence-electron chi connectivity index (χ3n) is 2.99. The first kappa shape index (κ1) is 16.0. The van der Waals surface area contributed by atoms with Gasteiger partial charge in [0.05, 0.1) is 16.6 Å². The van der Waals surface area contributed by atoms with Crippen LogP contribution in [0.1, 0.15) is 20.8 Å². The molecule has 8 heteroatoms. The third-order valence-corrected chi connectivity index (χ3v) is 5.51. The zero-order chi connectivity index (χ0) is 14.8. The third kappa shape index (κ3) is 3.48. The van der Waals surface area contributed by atoms with E-state index in [0.29, 0.717) is 12.2 Å². The summed E-state index contributed by atoms with van der Waals surface area (Å²) in [7, 11) is -3.22. The lowest BCUT2D eigenvalue weighted by molar-refractivity contribution is 0.559. The van der Waals surface area contributed by atoms with Crippen LogP contribution in [-0.4, -0.2) is 35.7 Å². The summed E-state index contributed by atoms with van der Waals surface area (Å²) in [5.41, 5.74) is -0.0561. The number of nitrogens with one attached hydrogen (secondary N) is 1. The van der Waals surface area contributed by atoms with E-state index in [1.165, 1.54) is 17.1 Å². The predicted molar refractivity (Wildman–Crippen MR) is 76.6 cm³/mol. The van der Waals surface area contributed by atoms with E-state index in [-0.39, 0.29) is 11.6 Å². The summed E-state index contributed by atoms with van der Waals surface area (Å²) in [6.45, 7) is 5.55. The van der Waals surface area contributed by atoms with Gasteiger partial charge in [0.15, 0.2) is 9.84 Å². The van der Waals surface area contributed by atoms with Gasteiger partial charge in [-0.05, 0) is 20.8 Å². The minimum Gasteiger partial charge on any atom is -0.381 e. The van der Waals surface area contributed by atoms with Gasteiger partial charge in [-0.25, -0.2) is 13.1 Å². The molecule has 1 N–H and O–H groups in total. The Morgan fingerprint density at radius 2 is 2.05 bits per heavy atom. The van der Waals surface area contributed by atoms with E-state index in [9.17, 15) is 13.2 Å². The smallest absolute Gasteiger partial charge is 0.287 e. The van der Waals surface area contributed by atoms with Crippen molar-refractivity contribution in [1.82, 2.24) is 9.78 Å². The van der Waals surface area contributed by atoms with Crippen LogP contribution in [0.4, 0.5) is 5.69 Å². The van der Waals surface area contributed by atoms with Gasteiger partial charge < -0.3 is 5.32 Å². The topological polar surface area (TPSA) is 81.1 Å². The molecule has 0 aromatic carbocycles. The number of aromatic nitrogens is 2. The van der Waals surface area contributed by atoms with Crippen molar-refractivity contribution in [2.75, 3.05) is 18.1 Å². The molecule has 0 atom stereocenters. The average Bonchev–Trinajstić information content (AvgIpc) is 2.29. The standard InChI is InChI=1S/C11H18ClN3O3S/c1-5-15-10(16)9(12)8(6-14-15)13-7-11(2,3)19(4,17)18/h6,13H,5,7H2,1-4H3. The largest absolute Gasteiger partial charge is 0.381 e. The summed E-state index contributed by atoms with van der Waals surface area (Å²) >= 11 is 5.93. The molecule has 0 radical (unpaired) electrons. The zero-order valence-corrected chi connectivity index (χ0v) is 13.0. The molecule has 0 spiro atoms. The maximum absolute atomic E-state index is 11.8. The molecular weight excluding hydrogens is 290 g/mol. The minimum absolute atomic E-state index is 0.0150. The van der Waals surface area contributed by atoms with Crippen molar-refractivity contribution < 1.29 is 8.42 Å². The molecule has 0 aliphatic carbocycles. The highest BCUT2D eigenvalue weighted by Crippen LogP contribution is 2.19. The van der Waals surface area contributed by atoms with Gasteiger partial charge in [0.1, 0.15) is 5.02 Å². The number of rotatable bonds is 5. The minimum atomic E-state index is -3.22. The van der Waals surface area contributed by atoms with E-state index in [2.05, 4.69) is 10.4 Å². The van der Waals surface area contributed by atoms with Crippen molar-refractivity contribution in [3.05, 3.63) is 21.6 Å². The van der Waals surface area contributed by atoms with Crippen molar-refractivity contribution in [2.45, 2.75) is 32.1 Å². The van der Waals surface area contributed by atoms with Crippen LogP contribution in [0, 0.1) is 0 Å². The van der Waals surface area contributed by atoms with Crippen LogP contribution < -0.4 is 10.9 Å². The second-order valence-corrected chi connectivity index (χ2v) is 7.91. The zero-order valence-electron chi connectivity index (χ0n) is 11.4. The number of halogens is 1. The highest BCUT2D eigenvalue weighted by atomic mass is 35.5. The van der Waals surface area contributed by atoms with Gasteiger partial charge in [-0.15, -0.1) is 0 Å². The van der Waals surface area contributed by atoms with Crippen molar-refractivity contribution >= 4 is 27.1 Å². The fourth-order valence-corrected chi connectivity index (χ4v) is 1.80. The number of sulfone groups is 1. The van der Waals surface area contributed by atoms with Crippen LogP contribution in [0.2, 0.25) is 5.02 Å². The van der Waals surface area contributed by atoms with Gasteiger partial charge in [-0.2, -0.15) is 5.10 Å². The Hall–Kier alpha value is -1.08. The van der Waals surface area contributed by atoms with Crippen LogP contribution in [0.25, 0.3) is 0 Å². The van der Waals surface area contributed by atoms with Crippen molar-refractivity contribution in [3.8, 4) is 0 Å². The SMILES string of the molecule is CCn1ncc(NCC(C)(C)S(C)(=O)=O)c(Cl)c1=O. The molecule has 1 heterocycles. The molecule has 1 aromatic rings. The molecule has 0 fully saturated rings. The molecule has 0 unspecified atom stereocenters. The Bertz CT molecular complexity index is 623. The van der Waals surface area contributed by atoms with Gasteiger partial charge in [0.25, 0.3) is 5.56 Å². The monoisotopic (exact) mass is 307 g/mol. The lowest BCUT2D eigenvalue weighted by Crippen LogP contribution is -2.38. The molecule has 0 bridgehead atoms. The quantitative estimate of drug-likeness (QED) is 0.882. The Morgan fingerprint density at radius 1 is 1.47 bits per heavy atom. The first-order valence-corrected chi connectivity index (χ1v) is 8.06. The maximum atomic E-state index is 11.8. The lowest BCUT2D eigenvalue weighted by Gasteiger charge is -2.23. The summed E-state index contributed by atoms with van der Waals surface area (Å²) in [5.74, 6) is 0. The molecule has 0 aliphatic rings. The van der Waals surface area contributed by atoms with Crippen molar-refractivity contribution in [2.24, 2.45) is 0 Å². The Morgan fingerprint density at radius 3 is 2.53 bits per heavy atom. The average molecular weight is 308 g/mol. The normalized spacial score (nSPS) is 12.5. The second-order valence-electron chi connectivity index (χ2n) is 4.88. The molecule has 0 amide bonds. The highest BCUT2D eigenvalue weighted by Gasteiger charge is 2.30. The van der Waals surface area contributed by atoms with Gasteiger partial charge in [-0.1, -0.05) is 11.6 Å². The van der Waals surface area contributed by atoms with E-state index in [1.54, 1.807) is 20.8 Å². The fourth-order valence-electron chi connectivity index (χ4n) is 1.25. The Kier molecular flexibility index (Phi) is 4.63. The second kappa shape index (κ2) is 5.50. The molecular formula is C11H18ClN3O3S. The van der Waals surface area contributed by atoms with Gasteiger partial charge in [0.2, 0.25) is 0 Å². The molecule has 0 saturated carbocycles. The first-order chi connectivity index (χ1) is 8.60. The molecule has 1 aromatic heterocycles. The summed E-state index contributed by atoms with van der Waals surface area (Å²) in [6, 6.07) is 0. The van der Waals surface area contributed by atoms with Crippen molar-refractivity contribution in [1.29, 1.82) is 0 Å². The predicted octanol–water partition coefficient (Wildman–Crippen LogP) is 1.15. The molecule has 0 aliphatic heterocycles. The van der Waals surface area contributed by atoms with E-state index < -0.39 is 20.1 Å². The van der Waals surface area contributed by atoms with E-state index in [0.717, 1.165) is 0 Å². The lowest BCUT2D eigenvalue weighted by atomic mass is 10.2. The first-order valence-electron chi connectivity index (χ1n) is 5.79. The van der Waals surface area contributed by atoms with Gasteiger partial charge in [0, 0.05) is 19.3 Å². The molecule has 1 rings (SSSR count). The number of nitrogens with zero attached hydrogens (tertiary/aromatic N) is 2. The number of aryl methyl sites for hydroxylation is 1. The molecule has 0 saturated heterocycles. The summed E-state index contributed by atoms with van der Waals surface area (Å²) in [4.78, 5) is 11.8. The van der Waals surface area contributed by atoms with Crippen LogP contribution in [0.5, 0.6) is 0 Å². The van der Waals surface area contributed by atoms with E-state index in [1.807, 2.05) is 0 Å². The van der Waals surface area contributed by atoms with Crippen LogP contribution in [0.15, 0.2) is 11.0 Å². The summed E-state index contributed by atoms with van der Waals surface area (Å²) in [6.07, 6.45) is 2.59. The number of hydrogen-bond acceptors (Lipinski definition) is 5. The number of hydrogen-bond donors (Lipinski definition) is 1. The maximum Gasteiger partial charge on any atom is 0.287 e. The summed E-state index contributed by atoms with van der Waals surface area (Å²) < 4.78 is 23.4. The molecule has 108 valence electrons. The highest BCUT2D eigenvalue weighted by molar-refractivity contribution is 7.92. The van der Waals surface area contributed by atoms with Gasteiger partial charge >= 0.3 is 0 Å². The van der Waals surface area contributed by atoms with E-state index in [4.69, 9.17) is 11.6 Å². The Labute approximate surface area is 117 Å². The van der Waals surface area contributed by atoms with Crippen LogP contribution in [-0.2, 0) is 16.4 Å². The van der Waals surface area contributed by atoms with E-state index >= 15 is 0 Å². The van der Waals surface area contributed by atoms with Crippen LogP contribution >= 0.6 is 11.6 Å². The van der Waals surface area contributed by atoms with Crippen molar-refractivity contribution in [3.63, 3.8) is 0 Å². The number of anilines is 1.